The van der Waals surface area contributed by atoms with Crippen LogP contribution < -0.4 is 10.2 Å². The third kappa shape index (κ3) is 3.87. The fourth-order valence-corrected chi connectivity index (χ4v) is 3.56. The number of fused-ring (bicyclic) bond motifs is 1. The van der Waals surface area contributed by atoms with E-state index >= 15 is 0 Å². The van der Waals surface area contributed by atoms with E-state index in [1.54, 1.807) is 0 Å². The highest BCUT2D eigenvalue weighted by Gasteiger charge is 2.21. The minimum absolute atomic E-state index is 0.0339. The Labute approximate surface area is 158 Å². The zero-order chi connectivity index (χ0) is 18.6. The maximum Gasteiger partial charge on any atom is 0.227 e. The summed E-state index contributed by atoms with van der Waals surface area (Å²) in [5.74, 6) is 0.222. The van der Waals surface area contributed by atoms with Gasteiger partial charge in [0.15, 0.2) is 0 Å². The van der Waals surface area contributed by atoms with Crippen LogP contribution >= 0.6 is 0 Å². The monoisotopic (exact) mass is 361 g/mol. The molecule has 2 aromatic carbocycles. The zero-order valence-electron chi connectivity index (χ0n) is 15.2. The van der Waals surface area contributed by atoms with Crippen LogP contribution in [-0.2, 0) is 22.7 Å². The number of hydrogen-bond donors (Lipinski definition) is 1. The van der Waals surface area contributed by atoms with E-state index in [0.717, 1.165) is 29.7 Å². The lowest BCUT2D eigenvalue weighted by molar-refractivity contribution is -0.121. The van der Waals surface area contributed by atoms with E-state index in [1.165, 1.54) is 5.39 Å². The molecule has 5 nitrogen and oxygen atoms in total. The van der Waals surface area contributed by atoms with Crippen LogP contribution in [0.25, 0.3) is 10.9 Å². The van der Waals surface area contributed by atoms with Crippen LogP contribution in [0.3, 0.4) is 0 Å². The summed E-state index contributed by atoms with van der Waals surface area (Å²) in [4.78, 5) is 25.8. The van der Waals surface area contributed by atoms with Crippen molar-refractivity contribution < 1.29 is 9.59 Å². The summed E-state index contributed by atoms with van der Waals surface area (Å²) in [7, 11) is 0. The maximum absolute atomic E-state index is 12.2. The van der Waals surface area contributed by atoms with Gasteiger partial charge in [-0.1, -0.05) is 30.3 Å². The Bertz CT molecular complexity index is 959. The second-order valence-corrected chi connectivity index (χ2v) is 6.91. The number of aromatic nitrogens is 1. The molecule has 138 valence electrons. The van der Waals surface area contributed by atoms with Crippen molar-refractivity contribution in [2.24, 2.45) is 0 Å². The van der Waals surface area contributed by atoms with Crippen molar-refractivity contribution in [2.45, 2.75) is 32.4 Å². The molecule has 0 unspecified atom stereocenters. The van der Waals surface area contributed by atoms with E-state index < -0.39 is 0 Å². The first-order valence-corrected chi connectivity index (χ1v) is 9.40. The van der Waals surface area contributed by atoms with Crippen molar-refractivity contribution in [3.63, 3.8) is 0 Å². The second-order valence-electron chi connectivity index (χ2n) is 6.91. The van der Waals surface area contributed by atoms with Crippen LogP contribution in [0.4, 0.5) is 5.69 Å². The highest BCUT2D eigenvalue weighted by molar-refractivity contribution is 5.95. The fourth-order valence-electron chi connectivity index (χ4n) is 3.56. The summed E-state index contributed by atoms with van der Waals surface area (Å²) in [5, 5.41) is 4.16. The minimum atomic E-state index is 0.0339. The molecule has 1 aliphatic rings. The summed E-state index contributed by atoms with van der Waals surface area (Å²) in [5.41, 5.74) is 3.12. The summed E-state index contributed by atoms with van der Waals surface area (Å²) in [6.07, 6.45) is 4.02. The van der Waals surface area contributed by atoms with E-state index in [4.69, 9.17) is 0 Å². The first-order chi connectivity index (χ1) is 13.2. The van der Waals surface area contributed by atoms with Crippen LogP contribution in [-0.4, -0.2) is 22.9 Å². The molecule has 0 bridgehead atoms. The number of carbonyl (C=O) groups excluding carboxylic acids is 2. The van der Waals surface area contributed by atoms with E-state index in [2.05, 4.69) is 28.1 Å². The summed E-state index contributed by atoms with van der Waals surface area (Å²) in [6, 6.07) is 18.1. The first-order valence-electron chi connectivity index (χ1n) is 9.40. The van der Waals surface area contributed by atoms with Gasteiger partial charge in [-0.05, 0) is 41.6 Å². The number of para-hydroxylation sites is 1. The van der Waals surface area contributed by atoms with E-state index in [-0.39, 0.29) is 11.8 Å². The number of amides is 2. The van der Waals surface area contributed by atoms with E-state index in [1.807, 2.05) is 47.5 Å². The van der Waals surface area contributed by atoms with E-state index in [9.17, 15) is 9.59 Å². The van der Waals surface area contributed by atoms with Crippen LogP contribution in [0.1, 0.15) is 24.8 Å². The van der Waals surface area contributed by atoms with Gasteiger partial charge in [-0.2, -0.15) is 0 Å². The molecule has 0 spiro atoms. The van der Waals surface area contributed by atoms with Gasteiger partial charge in [0.05, 0.1) is 0 Å². The number of anilines is 1. The van der Waals surface area contributed by atoms with Gasteiger partial charge in [-0.15, -0.1) is 0 Å². The number of aryl methyl sites for hydroxylation is 1. The standard InChI is InChI=1S/C22H23N3O2/c26-21(12-15-24-14-11-18-4-1-2-5-20(18)24)23-16-17-7-9-19(10-8-17)25-13-3-6-22(25)27/h1-2,4-5,7-11,14H,3,6,12-13,15-16H2,(H,23,26). The summed E-state index contributed by atoms with van der Waals surface area (Å²) in [6.45, 7) is 1.96. The average Bonchev–Trinajstić information content (AvgIpc) is 3.31. The number of carbonyl (C=O) groups is 2. The Morgan fingerprint density at radius 1 is 1.04 bits per heavy atom. The molecule has 0 radical (unpaired) electrons. The number of benzene rings is 2. The van der Waals surface area contributed by atoms with Crippen molar-refractivity contribution in [3.8, 4) is 0 Å². The van der Waals surface area contributed by atoms with E-state index in [0.29, 0.717) is 25.9 Å². The molecule has 1 saturated heterocycles. The molecule has 3 aromatic rings. The molecule has 5 heteroatoms. The lowest BCUT2D eigenvalue weighted by atomic mass is 10.2. The van der Waals surface area contributed by atoms with Gasteiger partial charge < -0.3 is 14.8 Å². The molecule has 27 heavy (non-hydrogen) atoms. The van der Waals surface area contributed by atoms with Crippen LogP contribution in [0, 0.1) is 0 Å². The summed E-state index contributed by atoms with van der Waals surface area (Å²) < 4.78 is 2.11. The molecule has 1 fully saturated rings. The van der Waals surface area contributed by atoms with Gasteiger partial charge in [0.1, 0.15) is 0 Å². The molecule has 1 N–H and O–H groups in total. The molecule has 1 aliphatic heterocycles. The van der Waals surface area contributed by atoms with Gasteiger partial charge >= 0.3 is 0 Å². The van der Waals surface area contributed by atoms with Gasteiger partial charge in [0.25, 0.3) is 0 Å². The van der Waals surface area contributed by atoms with Gasteiger partial charge in [0.2, 0.25) is 11.8 Å². The second kappa shape index (κ2) is 7.66. The Kier molecular flexibility index (Phi) is 4.92. The van der Waals surface area contributed by atoms with Crippen LogP contribution in [0.15, 0.2) is 60.8 Å². The van der Waals surface area contributed by atoms with Crippen molar-refractivity contribution >= 4 is 28.4 Å². The quantitative estimate of drug-likeness (QED) is 0.731. The normalized spacial score (nSPS) is 14.1. The largest absolute Gasteiger partial charge is 0.352 e. The predicted octanol–water partition coefficient (Wildman–Crippen LogP) is 3.47. The third-order valence-electron chi connectivity index (χ3n) is 5.07. The molecule has 0 aliphatic carbocycles. The molecular formula is C22H23N3O2. The predicted molar refractivity (Wildman–Crippen MR) is 106 cm³/mol. The average molecular weight is 361 g/mol. The van der Waals surface area contributed by atoms with Gasteiger partial charge in [-0.3, -0.25) is 9.59 Å². The van der Waals surface area contributed by atoms with Crippen molar-refractivity contribution in [1.82, 2.24) is 9.88 Å². The van der Waals surface area contributed by atoms with Crippen LogP contribution in [0.2, 0.25) is 0 Å². The molecule has 0 saturated carbocycles. The summed E-state index contributed by atoms with van der Waals surface area (Å²) >= 11 is 0. The maximum atomic E-state index is 12.2. The molecule has 4 rings (SSSR count). The van der Waals surface area contributed by atoms with Crippen molar-refractivity contribution in [2.75, 3.05) is 11.4 Å². The molecule has 2 amide bonds. The number of nitrogens with one attached hydrogen (secondary N) is 1. The minimum Gasteiger partial charge on any atom is -0.352 e. The van der Waals surface area contributed by atoms with Gasteiger partial charge in [-0.25, -0.2) is 0 Å². The molecule has 2 heterocycles. The molecular weight excluding hydrogens is 338 g/mol. The Hall–Kier alpha value is -3.08. The zero-order valence-corrected chi connectivity index (χ0v) is 15.2. The number of rotatable bonds is 6. The molecule has 1 aromatic heterocycles. The first kappa shape index (κ1) is 17.3. The molecule has 0 atom stereocenters. The lowest BCUT2D eigenvalue weighted by Gasteiger charge is -2.16. The number of nitrogens with zero attached hydrogens (tertiary/aromatic N) is 2. The fraction of sp³-hybridized carbons (Fsp3) is 0.273. The Morgan fingerprint density at radius 2 is 1.85 bits per heavy atom. The lowest BCUT2D eigenvalue weighted by Crippen LogP contribution is -2.24. The SMILES string of the molecule is O=C(CCn1ccc2ccccc21)NCc1ccc(N2CCCC2=O)cc1. The Balaban J connectivity index is 1.28. The third-order valence-corrected chi connectivity index (χ3v) is 5.07. The smallest absolute Gasteiger partial charge is 0.227 e. The van der Waals surface area contributed by atoms with Crippen molar-refractivity contribution in [1.29, 1.82) is 0 Å². The topological polar surface area (TPSA) is 54.3 Å². The highest BCUT2D eigenvalue weighted by atomic mass is 16.2. The number of hydrogen-bond acceptors (Lipinski definition) is 2. The van der Waals surface area contributed by atoms with Gasteiger partial charge in [0, 0.05) is 49.9 Å². The Morgan fingerprint density at radius 3 is 2.63 bits per heavy atom. The highest BCUT2D eigenvalue weighted by Crippen LogP contribution is 2.21. The van der Waals surface area contributed by atoms with Crippen molar-refractivity contribution in [3.05, 3.63) is 66.4 Å². The van der Waals surface area contributed by atoms with Crippen LogP contribution in [0.5, 0.6) is 0 Å².